The fourth-order valence-corrected chi connectivity index (χ4v) is 5.81. The Balaban J connectivity index is 1.53. The largest absolute Gasteiger partial charge is 0.464 e. The molecule has 1 aliphatic carbocycles. The Hall–Kier alpha value is -4.99. The van der Waals surface area contributed by atoms with Crippen molar-refractivity contribution in [3.8, 4) is 0 Å². The number of fused-ring (bicyclic) bond motifs is 1. The van der Waals surface area contributed by atoms with Crippen molar-refractivity contribution >= 4 is 64.5 Å². The highest BCUT2D eigenvalue weighted by molar-refractivity contribution is 6.32. The fourth-order valence-electron chi connectivity index (χ4n) is 5.54. The zero-order valence-corrected chi connectivity index (χ0v) is 29.4. The smallest absolute Gasteiger partial charge is 0.425 e. The second kappa shape index (κ2) is 13.4. The van der Waals surface area contributed by atoms with Crippen molar-refractivity contribution in [1.29, 1.82) is 0 Å². The topological polar surface area (TPSA) is 181 Å². The van der Waals surface area contributed by atoms with Crippen LogP contribution in [0.1, 0.15) is 71.9 Å². The zero-order valence-electron chi connectivity index (χ0n) is 28.7. The van der Waals surface area contributed by atoms with Gasteiger partial charge in [0.1, 0.15) is 28.9 Å². The number of amides is 4. The van der Waals surface area contributed by atoms with Crippen LogP contribution in [0.4, 0.5) is 30.3 Å². The van der Waals surface area contributed by atoms with Gasteiger partial charge in [-0.1, -0.05) is 24.3 Å². The summed E-state index contributed by atoms with van der Waals surface area (Å²) in [5, 5.41) is 15.5. The minimum Gasteiger partial charge on any atom is -0.464 e. The molecule has 3 heterocycles. The summed E-state index contributed by atoms with van der Waals surface area (Å²) >= 11 is 6.69. The number of imide groups is 1. The molecule has 0 spiro atoms. The summed E-state index contributed by atoms with van der Waals surface area (Å²) < 4.78 is 27.8. The molecule has 268 valence electrons. The van der Waals surface area contributed by atoms with E-state index < -0.39 is 40.8 Å². The van der Waals surface area contributed by atoms with Gasteiger partial charge in [-0.25, -0.2) is 33.7 Å². The third-order valence-corrected chi connectivity index (χ3v) is 8.31. The molecule has 0 unspecified atom stereocenters. The predicted molar refractivity (Wildman–Crippen MR) is 183 cm³/mol. The summed E-state index contributed by atoms with van der Waals surface area (Å²) in [5.41, 5.74) is -2.25. The van der Waals surface area contributed by atoms with Crippen molar-refractivity contribution < 1.29 is 38.1 Å². The van der Waals surface area contributed by atoms with Crippen molar-refractivity contribution in [2.24, 2.45) is 0 Å². The number of aromatic nitrogens is 4. The number of hydrogen-bond donors (Lipinski definition) is 3. The zero-order chi connectivity index (χ0) is 36.8. The van der Waals surface area contributed by atoms with Gasteiger partial charge in [-0.2, -0.15) is 4.90 Å². The number of nitrogens with one attached hydrogen (secondary N) is 2. The number of imidazole rings is 1. The van der Waals surface area contributed by atoms with Crippen molar-refractivity contribution in [3.63, 3.8) is 0 Å². The van der Waals surface area contributed by atoms with Gasteiger partial charge in [0, 0.05) is 29.4 Å². The lowest BCUT2D eigenvalue weighted by Gasteiger charge is -2.32. The van der Waals surface area contributed by atoms with E-state index in [1.807, 2.05) is 4.90 Å². The van der Waals surface area contributed by atoms with Gasteiger partial charge in [-0.05, 0) is 66.9 Å². The Morgan fingerprint density at radius 2 is 1.82 bits per heavy atom. The summed E-state index contributed by atoms with van der Waals surface area (Å²) in [6.07, 6.45) is 2.02. The lowest BCUT2D eigenvalue weighted by Crippen LogP contribution is -2.61. The number of halogens is 2. The summed E-state index contributed by atoms with van der Waals surface area (Å²) in [5.74, 6) is -1.43. The van der Waals surface area contributed by atoms with E-state index in [0.29, 0.717) is 10.6 Å². The predicted octanol–water partition coefficient (Wildman–Crippen LogP) is 5.48. The average molecular weight is 715 g/mol. The molecule has 1 saturated heterocycles. The SMILES string of the molecule is C=Cc1cc(N2CC[C@](NC(=O)OC(C)(C)C)(C(=O)NC3CC3)C2)c(Cn2cnc3c(N(C(=O)O)C(=O)OC(C)(C)C)ncnc32)c(Cl)c1F. The van der Waals surface area contributed by atoms with Crippen LogP contribution in [0.2, 0.25) is 5.02 Å². The summed E-state index contributed by atoms with van der Waals surface area (Å²) in [4.78, 5) is 66.4. The van der Waals surface area contributed by atoms with Crippen molar-refractivity contribution in [2.75, 3.05) is 22.9 Å². The molecule has 4 amide bonds. The number of carbonyl (C=O) groups is 4. The number of nitrogens with zero attached hydrogens (tertiary/aromatic N) is 6. The highest BCUT2D eigenvalue weighted by atomic mass is 35.5. The molecule has 2 aromatic heterocycles. The summed E-state index contributed by atoms with van der Waals surface area (Å²) in [6.45, 7) is 13.8. The average Bonchev–Trinajstić information content (AvgIpc) is 3.55. The number of benzene rings is 1. The number of hydrogen-bond acceptors (Lipinski definition) is 10. The van der Waals surface area contributed by atoms with Gasteiger partial charge in [0.05, 0.1) is 24.4 Å². The lowest BCUT2D eigenvalue weighted by atomic mass is 9.97. The first-order chi connectivity index (χ1) is 23.3. The van der Waals surface area contributed by atoms with Crippen LogP contribution in [0.5, 0.6) is 0 Å². The van der Waals surface area contributed by atoms with Crippen LogP contribution >= 0.6 is 11.6 Å². The van der Waals surface area contributed by atoms with Gasteiger partial charge in [0.25, 0.3) is 0 Å². The molecule has 0 radical (unpaired) electrons. The standard InChI is InChI=1S/C33H40ClFN8O7/c1-8-18-13-21(41-12-11-33(15-41,27(44)39-19-9-10-19)40-28(45)49-31(2,3)4)20(22(34)23(18)35)14-42-17-38-24-25(42)36-16-37-26(24)43(29(46)47)30(48)50-32(5,6)7/h8,13,16-17,19H,1,9-12,14-15H2,2-7H3,(H,39,44)(H,40,45)(H,46,47)/t33-/m1/s1. The first-order valence-electron chi connectivity index (χ1n) is 15.9. The Kier molecular flexibility index (Phi) is 9.71. The van der Waals surface area contributed by atoms with E-state index in [1.54, 1.807) is 47.6 Å². The number of ether oxygens (including phenoxy) is 2. The molecule has 5 rings (SSSR count). The molecular weight excluding hydrogens is 675 g/mol. The number of carbonyl (C=O) groups excluding carboxylic acids is 3. The van der Waals surface area contributed by atoms with Crippen molar-refractivity contribution in [3.05, 3.63) is 47.3 Å². The monoisotopic (exact) mass is 714 g/mol. The summed E-state index contributed by atoms with van der Waals surface area (Å²) in [6, 6.07) is 1.57. The van der Waals surface area contributed by atoms with Crippen LogP contribution in [0.25, 0.3) is 17.2 Å². The minimum absolute atomic E-state index is 0.0107. The van der Waals surface area contributed by atoms with E-state index >= 15 is 4.39 Å². The first kappa shape index (κ1) is 36.3. The Morgan fingerprint density at radius 3 is 2.42 bits per heavy atom. The molecule has 1 aliphatic heterocycles. The number of carboxylic acid groups (broad SMARTS) is 1. The molecule has 3 N–H and O–H groups in total. The van der Waals surface area contributed by atoms with Crippen LogP contribution in [-0.2, 0) is 20.8 Å². The van der Waals surface area contributed by atoms with Crippen molar-refractivity contribution in [1.82, 2.24) is 30.2 Å². The lowest BCUT2D eigenvalue weighted by molar-refractivity contribution is -0.127. The maximum atomic E-state index is 15.6. The molecule has 3 aromatic rings. The molecular formula is C33H40ClFN8O7. The van der Waals surface area contributed by atoms with Crippen LogP contribution in [0.3, 0.4) is 0 Å². The van der Waals surface area contributed by atoms with E-state index in [1.165, 1.54) is 17.0 Å². The van der Waals surface area contributed by atoms with E-state index in [2.05, 4.69) is 32.2 Å². The van der Waals surface area contributed by atoms with Crippen LogP contribution < -0.4 is 20.4 Å². The van der Waals surface area contributed by atoms with Crippen molar-refractivity contribution in [2.45, 2.75) is 90.1 Å². The van der Waals surface area contributed by atoms with Crippen LogP contribution in [0, 0.1) is 5.82 Å². The Labute approximate surface area is 292 Å². The van der Waals surface area contributed by atoms with Gasteiger partial charge in [-0.15, -0.1) is 0 Å². The Bertz CT molecular complexity index is 1870. The molecule has 15 nitrogen and oxygen atoms in total. The maximum absolute atomic E-state index is 15.6. The molecule has 2 fully saturated rings. The molecule has 50 heavy (non-hydrogen) atoms. The van der Waals surface area contributed by atoms with Gasteiger partial charge in [0.15, 0.2) is 17.0 Å². The second-order valence-electron chi connectivity index (χ2n) is 14.3. The number of alkyl carbamates (subject to hydrolysis) is 1. The summed E-state index contributed by atoms with van der Waals surface area (Å²) in [7, 11) is 0. The van der Waals surface area contributed by atoms with Crippen LogP contribution in [0.15, 0.2) is 25.3 Å². The van der Waals surface area contributed by atoms with E-state index in [9.17, 15) is 24.3 Å². The van der Waals surface area contributed by atoms with Gasteiger partial charge < -0.3 is 34.7 Å². The highest BCUT2D eigenvalue weighted by Gasteiger charge is 2.48. The van der Waals surface area contributed by atoms with E-state index in [0.717, 1.165) is 19.2 Å². The third-order valence-electron chi connectivity index (χ3n) is 7.92. The molecule has 1 atom stereocenters. The Morgan fingerprint density at radius 1 is 1.14 bits per heavy atom. The molecule has 17 heteroatoms. The van der Waals surface area contributed by atoms with Gasteiger partial charge in [-0.3, -0.25) is 4.79 Å². The fraction of sp³-hybridized carbons (Fsp3) is 0.485. The molecule has 1 saturated carbocycles. The minimum atomic E-state index is -1.65. The number of anilines is 2. The normalized spacial score (nSPS) is 17.7. The third kappa shape index (κ3) is 7.74. The van der Waals surface area contributed by atoms with E-state index in [4.69, 9.17) is 21.1 Å². The highest BCUT2D eigenvalue weighted by Crippen LogP contribution is 2.38. The molecule has 0 bridgehead atoms. The maximum Gasteiger partial charge on any atom is 0.425 e. The quantitative estimate of drug-likeness (QED) is 0.269. The molecule has 1 aromatic carbocycles. The van der Waals surface area contributed by atoms with Gasteiger partial charge in [0.2, 0.25) is 5.91 Å². The van der Waals surface area contributed by atoms with E-state index in [-0.39, 0.29) is 71.1 Å². The van der Waals surface area contributed by atoms with Gasteiger partial charge >= 0.3 is 18.3 Å². The first-order valence-corrected chi connectivity index (χ1v) is 16.3. The second-order valence-corrected chi connectivity index (χ2v) is 14.6. The van der Waals surface area contributed by atoms with Crippen LogP contribution in [-0.4, -0.2) is 84.7 Å². The number of rotatable bonds is 8. The molecule has 2 aliphatic rings.